The average molecular weight is 737 g/mol. The summed E-state index contributed by atoms with van der Waals surface area (Å²) in [6.07, 6.45) is 0. The zero-order valence-corrected chi connectivity index (χ0v) is 31.3. The fraction of sp³-hybridized carbons (Fsp3) is 0. The zero-order valence-electron chi connectivity index (χ0n) is 31.3. The lowest BCUT2D eigenvalue weighted by molar-refractivity contribution is 0.993. The molecule has 0 N–H and O–H groups in total. The second kappa shape index (κ2) is 11.8. The van der Waals surface area contributed by atoms with E-state index >= 15 is 0 Å². The third-order valence-corrected chi connectivity index (χ3v) is 12.3. The molecule has 0 amide bonds. The van der Waals surface area contributed by atoms with E-state index in [1.807, 2.05) is 0 Å². The molecule has 0 atom stereocenters. The Hall–Kier alpha value is -7.82. The van der Waals surface area contributed by atoms with Gasteiger partial charge in [0, 0.05) is 43.9 Å². The van der Waals surface area contributed by atoms with Gasteiger partial charge in [0.05, 0.1) is 33.5 Å². The number of para-hydroxylation sites is 2. The molecule has 4 nitrogen and oxygen atoms in total. The van der Waals surface area contributed by atoms with E-state index in [4.69, 9.17) is 9.97 Å². The van der Waals surface area contributed by atoms with Gasteiger partial charge in [0.2, 0.25) is 5.95 Å². The van der Waals surface area contributed by atoms with E-state index in [9.17, 15) is 0 Å². The highest BCUT2D eigenvalue weighted by Gasteiger charge is 2.31. The summed E-state index contributed by atoms with van der Waals surface area (Å²) in [6, 6.07) is 70.0. The molecular formula is C54H32N4. The maximum atomic E-state index is 5.39. The molecule has 0 fully saturated rings. The van der Waals surface area contributed by atoms with E-state index in [0.29, 0.717) is 5.95 Å². The molecule has 9 aromatic carbocycles. The van der Waals surface area contributed by atoms with Crippen LogP contribution in [0.3, 0.4) is 0 Å². The van der Waals surface area contributed by atoms with Gasteiger partial charge in [-0.05, 0) is 80.7 Å². The molecular weight excluding hydrogens is 705 g/mol. The summed E-state index contributed by atoms with van der Waals surface area (Å²) in [5, 5.41) is 9.84. The van der Waals surface area contributed by atoms with Crippen molar-refractivity contribution in [2.45, 2.75) is 0 Å². The third-order valence-electron chi connectivity index (χ3n) is 12.3. The Labute approximate surface area is 333 Å². The van der Waals surface area contributed by atoms with Gasteiger partial charge in [0.25, 0.3) is 0 Å². The minimum Gasteiger partial charge on any atom is -0.309 e. The minimum atomic E-state index is 0.671. The van der Waals surface area contributed by atoms with E-state index in [1.165, 1.54) is 76.6 Å². The second-order valence-electron chi connectivity index (χ2n) is 15.3. The Morgan fingerprint density at radius 3 is 1.90 bits per heavy atom. The van der Waals surface area contributed by atoms with Crippen molar-refractivity contribution in [1.82, 2.24) is 19.1 Å². The average Bonchev–Trinajstić information content (AvgIpc) is 3.93. The summed E-state index contributed by atoms with van der Waals surface area (Å²) >= 11 is 0. The van der Waals surface area contributed by atoms with Crippen molar-refractivity contribution >= 4 is 65.2 Å². The molecule has 3 aromatic heterocycles. The van der Waals surface area contributed by atoms with Crippen molar-refractivity contribution in [2.24, 2.45) is 0 Å². The molecule has 4 heteroatoms. The fourth-order valence-corrected chi connectivity index (χ4v) is 9.75. The number of rotatable bonds is 4. The maximum absolute atomic E-state index is 5.39. The quantitative estimate of drug-likeness (QED) is 0.180. The first-order valence-electron chi connectivity index (χ1n) is 19.8. The topological polar surface area (TPSA) is 35.6 Å². The van der Waals surface area contributed by atoms with E-state index in [0.717, 1.165) is 39.1 Å². The highest BCUT2D eigenvalue weighted by atomic mass is 15.2. The van der Waals surface area contributed by atoms with Crippen molar-refractivity contribution in [3.63, 3.8) is 0 Å². The van der Waals surface area contributed by atoms with Crippen LogP contribution in [-0.2, 0) is 0 Å². The van der Waals surface area contributed by atoms with Gasteiger partial charge in [-0.3, -0.25) is 4.57 Å². The first-order valence-corrected chi connectivity index (χ1v) is 19.8. The molecule has 1 aliphatic rings. The van der Waals surface area contributed by atoms with Gasteiger partial charge >= 0.3 is 0 Å². The third kappa shape index (κ3) is 4.34. The van der Waals surface area contributed by atoms with Crippen molar-refractivity contribution in [2.75, 3.05) is 0 Å². The van der Waals surface area contributed by atoms with Gasteiger partial charge in [-0.2, -0.15) is 0 Å². The standard InChI is InChI=1S/C54H32N4/c1-2-13-36(14-3-1)52-40-18-6-8-22-45(40)55-54(56-52)58-47-30-27-37(32-44(47)51-42-20-10-15-35-16-11-21-43(49(35)42)53(51)58)33-24-28-38(29-25-33)57-46-23-9-7-19-41(46)50-39-17-5-4-12-34(39)26-31-48(50)57/h1-32H. The largest absolute Gasteiger partial charge is 0.309 e. The number of hydrogen-bond acceptors (Lipinski definition) is 2. The Kier molecular flexibility index (Phi) is 6.41. The molecule has 0 aliphatic heterocycles. The van der Waals surface area contributed by atoms with Crippen LogP contribution in [0.2, 0.25) is 0 Å². The molecule has 0 unspecified atom stereocenters. The van der Waals surface area contributed by atoms with Crippen molar-refractivity contribution in [1.29, 1.82) is 0 Å². The predicted molar refractivity (Wildman–Crippen MR) is 241 cm³/mol. The van der Waals surface area contributed by atoms with Gasteiger partial charge in [-0.15, -0.1) is 0 Å². The van der Waals surface area contributed by atoms with Gasteiger partial charge < -0.3 is 4.57 Å². The number of nitrogens with zero attached hydrogens (tertiary/aromatic N) is 4. The van der Waals surface area contributed by atoms with Crippen molar-refractivity contribution in [3.05, 3.63) is 194 Å². The van der Waals surface area contributed by atoms with Crippen molar-refractivity contribution in [3.8, 4) is 56.4 Å². The summed E-state index contributed by atoms with van der Waals surface area (Å²) in [5.41, 5.74) is 14.7. The summed E-state index contributed by atoms with van der Waals surface area (Å²) in [5.74, 6) is 0.671. The zero-order chi connectivity index (χ0) is 37.9. The Morgan fingerprint density at radius 1 is 0.362 bits per heavy atom. The molecule has 268 valence electrons. The van der Waals surface area contributed by atoms with Gasteiger partial charge in [0.1, 0.15) is 0 Å². The van der Waals surface area contributed by atoms with Crippen LogP contribution in [0.1, 0.15) is 0 Å². The van der Waals surface area contributed by atoms with E-state index in [2.05, 4.69) is 203 Å². The van der Waals surface area contributed by atoms with Gasteiger partial charge in [0.15, 0.2) is 0 Å². The van der Waals surface area contributed by atoms with E-state index in [-0.39, 0.29) is 0 Å². The van der Waals surface area contributed by atoms with Crippen LogP contribution in [0, 0.1) is 0 Å². The lowest BCUT2D eigenvalue weighted by Gasteiger charge is -2.14. The lowest BCUT2D eigenvalue weighted by Crippen LogP contribution is -2.04. The molecule has 58 heavy (non-hydrogen) atoms. The normalized spacial score (nSPS) is 12.1. The molecule has 3 heterocycles. The van der Waals surface area contributed by atoms with Crippen LogP contribution in [0.25, 0.3) is 122 Å². The summed E-state index contributed by atoms with van der Waals surface area (Å²) in [6.45, 7) is 0. The van der Waals surface area contributed by atoms with Gasteiger partial charge in [-0.25, -0.2) is 9.97 Å². The van der Waals surface area contributed by atoms with Gasteiger partial charge in [-0.1, -0.05) is 152 Å². The molecule has 1 aliphatic carbocycles. The van der Waals surface area contributed by atoms with E-state index < -0.39 is 0 Å². The smallest absolute Gasteiger partial charge is 0.235 e. The Morgan fingerprint density at radius 2 is 1.03 bits per heavy atom. The number of aromatic nitrogens is 4. The molecule has 0 saturated heterocycles. The molecule has 13 rings (SSSR count). The summed E-state index contributed by atoms with van der Waals surface area (Å²) in [4.78, 5) is 10.7. The summed E-state index contributed by atoms with van der Waals surface area (Å²) < 4.78 is 4.71. The van der Waals surface area contributed by atoms with Crippen LogP contribution in [0.4, 0.5) is 0 Å². The number of benzene rings is 9. The molecule has 12 aromatic rings. The Balaban J connectivity index is 1.01. The predicted octanol–water partition coefficient (Wildman–Crippen LogP) is 14.0. The molecule has 0 saturated carbocycles. The number of hydrogen-bond donors (Lipinski definition) is 0. The lowest BCUT2D eigenvalue weighted by atomic mass is 9.99. The van der Waals surface area contributed by atoms with Crippen molar-refractivity contribution < 1.29 is 0 Å². The van der Waals surface area contributed by atoms with Crippen LogP contribution < -0.4 is 0 Å². The van der Waals surface area contributed by atoms with Crippen LogP contribution in [0.5, 0.6) is 0 Å². The fourth-order valence-electron chi connectivity index (χ4n) is 9.75. The van der Waals surface area contributed by atoms with Crippen LogP contribution in [0.15, 0.2) is 194 Å². The first-order chi connectivity index (χ1) is 28.8. The first kappa shape index (κ1) is 31.4. The second-order valence-corrected chi connectivity index (χ2v) is 15.3. The molecule has 0 spiro atoms. The highest BCUT2D eigenvalue weighted by molar-refractivity contribution is 6.23. The summed E-state index contributed by atoms with van der Waals surface area (Å²) in [7, 11) is 0. The number of fused-ring (bicyclic) bond motifs is 11. The van der Waals surface area contributed by atoms with E-state index in [1.54, 1.807) is 0 Å². The SMILES string of the molecule is c1ccc(-c2nc(-n3c4c(c5cc(-c6ccc(-n7c8ccccc8c8c9ccccc9ccc87)cc6)ccc53)-c3cccc5cccc-4c35)nc3ccccc23)cc1. The monoisotopic (exact) mass is 736 g/mol. The Bertz CT molecular complexity index is 3660. The van der Waals surface area contributed by atoms with Crippen LogP contribution in [-0.4, -0.2) is 19.1 Å². The molecule has 0 bridgehead atoms. The minimum absolute atomic E-state index is 0.671. The van der Waals surface area contributed by atoms with Crippen LogP contribution >= 0.6 is 0 Å². The molecule has 0 radical (unpaired) electrons. The maximum Gasteiger partial charge on any atom is 0.235 e. The highest BCUT2D eigenvalue weighted by Crippen LogP contribution is 2.53.